The van der Waals surface area contributed by atoms with Crippen LogP contribution >= 0.6 is 12.2 Å². The molecule has 0 fully saturated rings. The molecule has 4 nitrogen and oxygen atoms in total. The highest BCUT2D eigenvalue weighted by Gasteiger charge is 2.11. The number of rotatable bonds is 3. The van der Waals surface area contributed by atoms with Crippen LogP contribution in [0.15, 0.2) is 54.6 Å². The number of aliphatic hydroxyl groups excluding tert-OH is 1. The first kappa shape index (κ1) is 13.6. The molecular weight excluding hydrogens is 282 g/mol. The summed E-state index contributed by atoms with van der Waals surface area (Å²) < 4.78 is 0. The minimum Gasteiger partial charge on any atom is -0.390 e. The van der Waals surface area contributed by atoms with Crippen LogP contribution < -0.4 is 10.6 Å². The van der Waals surface area contributed by atoms with Crippen LogP contribution in [-0.2, 0) is 6.61 Å². The molecule has 0 saturated carbocycles. The second-order valence-corrected chi connectivity index (χ2v) is 5.04. The summed E-state index contributed by atoms with van der Waals surface area (Å²) >= 11 is 5.34. The Kier molecular flexibility index (Phi) is 3.85. The zero-order valence-electron chi connectivity index (χ0n) is 11.3. The fourth-order valence-corrected chi connectivity index (χ4v) is 2.48. The molecule has 0 aliphatic rings. The number of aliphatic hydroxyl groups is 1. The van der Waals surface area contributed by atoms with Gasteiger partial charge in [0.05, 0.1) is 18.0 Å². The monoisotopic (exact) mass is 297 g/mol. The van der Waals surface area contributed by atoms with E-state index in [9.17, 15) is 5.11 Å². The standard InChI is InChI=1S/C16H15N3OS/c20-10-14-15(12-8-4-5-9-13(12)18-14)19-16(21)17-11-6-2-1-3-7-11/h1-9,18,20H,10H2,(H2,17,19,21). The summed E-state index contributed by atoms with van der Waals surface area (Å²) in [6.45, 7) is -0.0784. The van der Waals surface area contributed by atoms with Crippen molar-refractivity contribution in [1.82, 2.24) is 4.98 Å². The summed E-state index contributed by atoms with van der Waals surface area (Å²) in [5.41, 5.74) is 3.40. The van der Waals surface area contributed by atoms with E-state index in [0.29, 0.717) is 10.8 Å². The summed E-state index contributed by atoms with van der Waals surface area (Å²) in [5, 5.41) is 17.3. The lowest BCUT2D eigenvalue weighted by Gasteiger charge is -2.11. The molecule has 1 heterocycles. The van der Waals surface area contributed by atoms with Crippen LogP contribution in [0.2, 0.25) is 0 Å². The van der Waals surface area contributed by atoms with E-state index in [-0.39, 0.29) is 6.61 Å². The first-order chi connectivity index (χ1) is 10.3. The Morgan fingerprint density at radius 2 is 1.71 bits per heavy atom. The molecule has 0 atom stereocenters. The first-order valence-electron chi connectivity index (χ1n) is 6.61. The number of hydrogen-bond donors (Lipinski definition) is 4. The number of hydrogen-bond acceptors (Lipinski definition) is 2. The molecule has 0 saturated heterocycles. The number of H-pyrrole nitrogens is 1. The van der Waals surface area contributed by atoms with E-state index < -0.39 is 0 Å². The van der Waals surface area contributed by atoms with Crippen molar-refractivity contribution in [2.75, 3.05) is 10.6 Å². The second kappa shape index (κ2) is 5.95. The second-order valence-electron chi connectivity index (χ2n) is 4.63. The number of anilines is 2. The van der Waals surface area contributed by atoms with Crippen molar-refractivity contribution in [2.45, 2.75) is 6.61 Å². The van der Waals surface area contributed by atoms with E-state index in [1.54, 1.807) is 0 Å². The van der Waals surface area contributed by atoms with Gasteiger partial charge < -0.3 is 20.7 Å². The Hall–Kier alpha value is -2.37. The van der Waals surface area contributed by atoms with Crippen LogP contribution in [0.1, 0.15) is 5.69 Å². The minimum atomic E-state index is -0.0784. The van der Waals surface area contributed by atoms with Crippen LogP contribution in [-0.4, -0.2) is 15.2 Å². The smallest absolute Gasteiger partial charge is 0.175 e. The van der Waals surface area contributed by atoms with Crippen LogP contribution in [0.5, 0.6) is 0 Å². The molecule has 2 aromatic carbocycles. The molecule has 0 unspecified atom stereocenters. The zero-order valence-corrected chi connectivity index (χ0v) is 12.1. The van der Waals surface area contributed by atoms with Crippen LogP contribution in [0, 0.1) is 0 Å². The Balaban J connectivity index is 1.85. The van der Waals surface area contributed by atoms with Gasteiger partial charge in [-0.15, -0.1) is 0 Å². The van der Waals surface area contributed by atoms with Gasteiger partial charge in [0, 0.05) is 16.6 Å². The van der Waals surface area contributed by atoms with Gasteiger partial charge in [-0.25, -0.2) is 0 Å². The SMILES string of the molecule is OCc1[nH]c2ccccc2c1NC(=S)Nc1ccccc1. The van der Waals surface area contributed by atoms with E-state index in [1.807, 2.05) is 54.6 Å². The third-order valence-corrected chi connectivity index (χ3v) is 3.42. The molecule has 21 heavy (non-hydrogen) atoms. The van der Waals surface area contributed by atoms with Crippen molar-refractivity contribution >= 4 is 39.6 Å². The fraction of sp³-hybridized carbons (Fsp3) is 0.0625. The van der Waals surface area contributed by atoms with Crippen molar-refractivity contribution in [3.05, 3.63) is 60.3 Å². The molecule has 106 valence electrons. The van der Waals surface area contributed by atoms with Gasteiger partial charge in [-0.2, -0.15) is 0 Å². The van der Waals surface area contributed by atoms with Crippen molar-refractivity contribution < 1.29 is 5.11 Å². The number of nitrogens with one attached hydrogen (secondary N) is 3. The first-order valence-corrected chi connectivity index (χ1v) is 7.02. The lowest BCUT2D eigenvalue weighted by molar-refractivity contribution is 0.278. The Bertz CT molecular complexity index is 768. The normalized spacial score (nSPS) is 10.5. The molecule has 5 heteroatoms. The van der Waals surface area contributed by atoms with Gasteiger partial charge >= 0.3 is 0 Å². The third kappa shape index (κ3) is 2.89. The van der Waals surface area contributed by atoms with E-state index in [4.69, 9.17) is 12.2 Å². The number of aromatic amines is 1. The molecule has 1 aromatic heterocycles. The number of benzene rings is 2. The predicted molar refractivity (Wildman–Crippen MR) is 90.5 cm³/mol. The largest absolute Gasteiger partial charge is 0.390 e. The highest BCUT2D eigenvalue weighted by atomic mass is 32.1. The van der Waals surface area contributed by atoms with Gasteiger partial charge in [-0.3, -0.25) is 0 Å². The number of fused-ring (bicyclic) bond motifs is 1. The topological polar surface area (TPSA) is 60.1 Å². The molecule has 3 rings (SSSR count). The van der Waals surface area contributed by atoms with Crippen LogP contribution in [0.25, 0.3) is 10.9 Å². The fourth-order valence-electron chi connectivity index (χ4n) is 2.26. The van der Waals surface area contributed by atoms with Gasteiger partial charge in [0.1, 0.15) is 0 Å². The van der Waals surface area contributed by atoms with E-state index in [0.717, 1.165) is 22.3 Å². The molecule has 0 spiro atoms. The molecule has 4 N–H and O–H groups in total. The average Bonchev–Trinajstić information content (AvgIpc) is 2.86. The van der Waals surface area contributed by atoms with Gasteiger partial charge in [-0.05, 0) is 30.4 Å². The number of para-hydroxylation sites is 2. The maximum atomic E-state index is 9.49. The van der Waals surface area contributed by atoms with Crippen molar-refractivity contribution in [3.63, 3.8) is 0 Å². The number of aromatic nitrogens is 1. The van der Waals surface area contributed by atoms with Gasteiger partial charge in [0.15, 0.2) is 5.11 Å². The molecule has 0 aliphatic heterocycles. The van der Waals surface area contributed by atoms with Gasteiger partial charge in [0.25, 0.3) is 0 Å². The highest BCUT2D eigenvalue weighted by molar-refractivity contribution is 7.80. The minimum absolute atomic E-state index is 0.0784. The predicted octanol–water partition coefficient (Wildman–Crippen LogP) is 3.47. The Morgan fingerprint density at radius 3 is 2.48 bits per heavy atom. The van der Waals surface area contributed by atoms with E-state index >= 15 is 0 Å². The average molecular weight is 297 g/mol. The van der Waals surface area contributed by atoms with Gasteiger partial charge in [0.2, 0.25) is 0 Å². The lowest BCUT2D eigenvalue weighted by Crippen LogP contribution is -2.19. The number of thiocarbonyl (C=S) groups is 1. The molecule has 0 radical (unpaired) electrons. The Morgan fingerprint density at radius 1 is 1.00 bits per heavy atom. The summed E-state index contributed by atoms with van der Waals surface area (Å²) in [4.78, 5) is 3.18. The summed E-state index contributed by atoms with van der Waals surface area (Å²) in [7, 11) is 0. The van der Waals surface area contributed by atoms with E-state index in [2.05, 4.69) is 15.6 Å². The highest BCUT2D eigenvalue weighted by Crippen LogP contribution is 2.27. The van der Waals surface area contributed by atoms with E-state index in [1.165, 1.54) is 0 Å². The van der Waals surface area contributed by atoms with Gasteiger partial charge in [-0.1, -0.05) is 36.4 Å². The van der Waals surface area contributed by atoms with Crippen molar-refractivity contribution in [3.8, 4) is 0 Å². The Labute approximate surface area is 127 Å². The maximum Gasteiger partial charge on any atom is 0.175 e. The van der Waals surface area contributed by atoms with Crippen LogP contribution in [0.4, 0.5) is 11.4 Å². The molecular formula is C16H15N3OS. The molecule has 0 bridgehead atoms. The summed E-state index contributed by atoms with van der Waals surface area (Å²) in [5.74, 6) is 0. The third-order valence-electron chi connectivity index (χ3n) is 3.21. The quantitative estimate of drug-likeness (QED) is 0.559. The molecule has 3 aromatic rings. The summed E-state index contributed by atoms with van der Waals surface area (Å²) in [6, 6.07) is 17.6. The van der Waals surface area contributed by atoms with Crippen LogP contribution in [0.3, 0.4) is 0 Å². The lowest BCUT2D eigenvalue weighted by atomic mass is 10.2. The molecule has 0 aliphatic carbocycles. The molecule has 0 amide bonds. The van der Waals surface area contributed by atoms with Crippen molar-refractivity contribution in [1.29, 1.82) is 0 Å². The van der Waals surface area contributed by atoms with Crippen molar-refractivity contribution in [2.24, 2.45) is 0 Å². The maximum absolute atomic E-state index is 9.49. The zero-order chi connectivity index (χ0) is 14.7. The summed E-state index contributed by atoms with van der Waals surface area (Å²) in [6.07, 6.45) is 0.